The predicted molar refractivity (Wildman–Crippen MR) is 50.1 cm³/mol. The Morgan fingerprint density at radius 2 is 2.14 bits per heavy atom. The van der Waals surface area contributed by atoms with Crippen molar-refractivity contribution < 1.29 is 19.7 Å². The number of carbonyl (C=O) groups is 1. The lowest BCUT2D eigenvalue weighted by atomic mass is 9.77. The Morgan fingerprint density at radius 1 is 1.43 bits per heavy atom. The minimum Gasteiger partial charge on any atom is -0.480 e. The maximum atomic E-state index is 10.9. The van der Waals surface area contributed by atoms with Crippen molar-refractivity contribution in [2.45, 2.75) is 24.8 Å². The lowest BCUT2D eigenvalue weighted by Crippen LogP contribution is -2.57. The summed E-state index contributed by atoms with van der Waals surface area (Å²) in [5.41, 5.74) is -0.706. The van der Waals surface area contributed by atoms with Crippen molar-refractivity contribution in [2.24, 2.45) is 0 Å². The van der Waals surface area contributed by atoms with Gasteiger partial charge in [-0.3, -0.25) is 10.1 Å². The Labute approximate surface area is 83.1 Å². The first kappa shape index (κ1) is 11.4. The molecule has 5 heteroatoms. The molecule has 0 aromatic heterocycles. The molecule has 0 heterocycles. The first-order valence-corrected chi connectivity index (χ1v) is 4.88. The third-order valence-electron chi connectivity index (χ3n) is 2.56. The van der Waals surface area contributed by atoms with Crippen LogP contribution in [0.5, 0.6) is 0 Å². The fraction of sp³-hybridized carbons (Fsp3) is 0.889. The Hall–Kier alpha value is -0.650. The molecule has 82 valence electrons. The second-order valence-corrected chi connectivity index (χ2v) is 3.50. The first-order chi connectivity index (χ1) is 6.71. The van der Waals surface area contributed by atoms with Crippen molar-refractivity contribution in [2.75, 3.05) is 26.4 Å². The summed E-state index contributed by atoms with van der Waals surface area (Å²) in [6, 6.07) is 0. The van der Waals surface area contributed by atoms with Crippen molar-refractivity contribution in [3.8, 4) is 0 Å². The Morgan fingerprint density at radius 3 is 2.57 bits per heavy atom. The summed E-state index contributed by atoms with van der Waals surface area (Å²) in [5.74, 6) is -0.772. The van der Waals surface area contributed by atoms with Gasteiger partial charge in [0.2, 0.25) is 0 Å². The van der Waals surface area contributed by atoms with Gasteiger partial charge >= 0.3 is 5.97 Å². The highest BCUT2D eigenvalue weighted by Gasteiger charge is 2.43. The largest absolute Gasteiger partial charge is 0.480 e. The zero-order chi connectivity index (χ0) is 10.4. The zero-order valence-electron chi connectivity index (χ0n) is 8.16. The second kappa shape index (κ2) is 5.29. The number of aliphatic hydroxyl groups excluding tert-OH is 1. The van der Waals surface area contributed by atoms with E-state index in [1.807, 2.05) is 0 Å². The molecule has 5 nitrogen and oxygen atoms in total. The van der Waals surface area contributed by atoms with E-state index in [0.29, 0.717) is 32.6 Å². The molecule has 1 aliphatic rings. The molecule has 0 aromatic rings. The summed E-state index contributed by atoms with van der Waals surface area (Å²) < 4.78 is 5.02. The summed E-state index contributed by atoms with van der Waals surface area (Å²) in [6.07, 6.45) is 2.36. The highest BCUT2D eigenvalue weighted by Crippen LogP contribution is 2.31. The molecule has 0 amide bonds. The van der Waals surface area contributed by atoms with Gasteiger partial charge in [-0.2, -0.15) is 0 Å². The van der Waals surface area contributed by atoms with Gasteiger partial charge < -0.3 is 14.9 Å². The van der Waals surface area contributed by atoms with Crippen LogP contribution in [-0.4, -0.2) is 48.1 Å². The lowest BCUT2D eigenvalue weighted by Gasteiger charge is -2.38. The van der Waals surface area contributed by atoms with Gasteiger partial charge in [-0.25, -0.2) is 0 Å². The van der Waals surface area contributed by atoms with Crippen LogP contribution in [0.4, 0.5) is 0 Å². The summed E-state index contributed by atoms with van der Waals surface area (Å²) >= 11 is 0. The molecular weight excluding hydrogens is 186 g/mol. The van der Waals surface area contributed by atoms with Crippen LogP contribution in [-0.2, 0) is 9.53 Å². The Kier molecular flexibility index (Phi) is 4.31. The smallest absolute Gasteiger partial charge is 0.323 e. The summed E-state index contributed by atoms with van der Waals surface area (Å²) in [4.78, 5) is 10.9. The van der Waals surface area contributed by atoms with E-state index in [-0.39, 0.29) is 6.61 Å². The fourth-order valence-electron chi connectivity index (χ4n) is 1.53. The molecule has 0 atom stereocenters. The molecule has 3 N–H and O–H groups in total. The molecule has 0 spiro atoms. The summed E-state index contributed by atoms with van der Waals surface area (Å²) in [7, 11) is 0. The average Bonchev–Trinajstić information content (AvgIpc) is 2.07. The second-order valence-electron chi connectivity index (χ2n) is 3.50. The van der Waals surface area contributed by atoms with Crippen LogP contribution in [0.3, 0.4) is 0 Å². The number of aliphatic hydroxyl groups is 1. The molecule has 1 fully saturated rings. The van der Waals surface area contributed by atoms with Gasteiger partial charge in [-0.1, -0.05) is 0 Å². The number of hydrogen-bond acceptors (Lipinski definition) is 4. The van der Waals surface area contributed by atoms with Crippen molar-refractivity contribution in [3.05, 3.63) is 0 Å². The molecular formula is C9H17NO4. The van der Waals surface area contributed by atoms with Gasteiger partial charge in [-0.15, -0.1) is 0 Å². The van der Waals surface area contributed by atoms with Crippen LogP contribution in [0.15, 0.2) is 0 Å². The lowest BCUT2D eigenvalue weighted by molar-refractivity contribution is -0.148. The molecule has 1 rings (SSSR count). The van der Waals surface area contributed by atoms with Gasteiger partial charge in [0, 0.05) is 6.54 Å². The first-order valence-electron chi connectivity index (χ1n) is 4.88. The minimum absolute atomic E-state index is 0.00404. The van der Waals surface area contributed by atoms with Crippen LogP contribution in [0.2, 0.25) is 0 Å². The molecule has 0 saturated heterocycles. The number of carboxylic acids is 1. The van der Waals surface area contributed by atoms with E-state index in [1.54, 1.807) is 0 Å². The molecule has 0 aliphatic heterocycles. The van der Waals surface area contributed by atoms with Gasteiger partial charge in [-0.05, 0) is 19.3 Å². The van der Waals surface area contributed by atoms with E-state index >= 15 is 0 Å². The standard InChI is InChI=1S/C9H17NO4/c11-5-7-14-6-4-10-9(8(12)13)2-1-3-9/h10-11H,1-7H2,(H,12,13). The Bertz CT molecular complexity index is 191. The van der Waals surface area contributed by atoms with Crippen molar-refractivity contribution in [1.82, 2.24) is 5.32 Å². The number of nitrogens with one attached hydrogen (secondary N) is 1. The maximum Gasteiger partial charge on any atom is 0.323 e. The topological polar surface area (TPSA) is 78.8 Å². The number of ether oxygens (including phenoxy) is 1. The SMILES string of the molecule is O=C(O)C1(NCCOCCO)CCC1. The molecule has 0 aromatic carbocycles. The quantitative estimate of drug-likeness (QED) is 0.490. The number of carboxylic acid groups (broad SMARTS) is 1. The third-order valence-corrected chi connectivity index (χ3v) is 2.56. The molecule has 0 radical (unpaired) electrons. The van der Waals surface area contributed by atoms with E-state index in [4.69, 9.17) is 14.9 Å². The van der Waals surface area contributed by atoms with Crippen molar-refractivity contribution in [1.29, 1.82) is 0 Å². The Balaban J connectivity index is 2.12. The molecule has 14 heavy (non-hydrogen) atoms. The molecule has 0 bridgehead atoms. The van der Waals surface area contributed by atoms with Gasteiger partial charge in [0.25, 0.3) is 0 Å². The van der Waals surface area contributed by atoms with E-state index in [9.17, 15) is 4.79 Å². The number of aliphatic carboxylic acids is 1. The predicted octanol–water partition coefficient (Wildman–Crippen LogP) is -0.408. The van der Waals surface area contributed by atoms with Crippen molar-refractivity contribution in [3.63, 3.8) is 0 Å². The van der Waals surface area contributed by atoms with Crippen molar-refractivity contribution >= 4 is 5.97 Å². The third kappa shape index (κ3) is 2.67. The highest BCUT2D eigenvalue weighted by atomic mass is 16.5. The maximum absolute atomic E-state index is 10.9. The molecule has 1 saturated carbocycles. The normalized spacial score (nSPS) is 18.9. The number of rotatable bonds is 7. The molecule has 0 unspecified atom stereocenters. The van der Waals surface area contributed by atoms with Crippen LogP contribution >= 0.6 is 0 Å². The average molecular weight is 203 g/mol. The van der Waals surface area contributed by atoms with E-state index in [1.165, 1.54) is 0 Å². The van der Waals surface area contributed by atoms with Crippen LogP contribution in [0.25, 0.3) is 0 Å². The minimum atomic E-state index is -0.772. The van der Waals surface area contributed by atoms with Gasteiger partial charge in [0.05, 0.1) is 19.8 Å². The monoisotopic (exact) mass is 203 g/mol. The number of hydrogen-bond donors (Lipinski definition) is 3. The summed E-state index contributed by atoms with van der Waals surface area (Å²) in [6.45, 7) is 1.27. The van der Waals surface area contributed by atoms with Crippen LogP contribution < -0.4 is 5.32 Å². The van der Waals surface area contributed by atoms with Gasteiger partial charge in [0.15, 0.2) is 0 Å². The van der Waals surface area contributed by atoms with Crippen LogP contribution in [0, 0.1) is 0 Å². The van der Waals surface area contributed by atoms with Crippen LogP contribution in [0.1, 0.15) is 19.3 Å². The fourth-order valence-corrected chi connectivity index (χ4v) is 1.53. The van der Waals surface area contributed by atoms with E-state index < -0.39 is 11.5 Å². The van der Waals surface area contributed by atoms with E-state index in [0.717, 1.165) is 6.42 Å². The van der Waals surface area contributed by atoms with E-state index in [2.05, 4.69) is 5.32 Å². The van der Waals surface area contributed by atoms with Gasteiger partial charge in [0.1, 0.15) is 5.54 Å². The molecule has 1 aliphatic carbocycles. The highest BCUT2D eigenvalue weighted by molar-refractivity contribution is 5.79. The summed E-state index contributed by atoms with van der Waals surface area (Å²) in [5, 5.41) is 20.4. The zero-order valence-corrected chi connectivity index (χ0v) is 8.16.